The standard InChI is InChI=1S/C23H34N6O2/c1-5-28-10-12-29(13-11-28)22-14-18(8-9-25-22)16-26-23(24-2)27-17-19-6-7-20(30-3)15-21(19)31-4/h6-9,14-15H,5,10-13,16-17H2,1-4H3,(H2,24,26,27). The summed E-state index contributed by atoms with van der Waals surface area (Å²) in [7, 11) is 5.08. The van der Waals surface area contributed by atoms with Gasteiger partial charge in [0.2, 0.25) is 0 Å². The van der Waals surface area contributed by atoms with Crippen molar-refractivity contribution in [2.45, 2.75) is 20.0 Å². The number of likely N-dealkylation sites (N-methyl/N-ethyl adjacent to an activating group) is 1. The normalized spacial score (nSPS) is 15.0. The third kappa shape index (κ3) is 6.24. The molecule has 2 heterocycles. The smallest absolute Gasteiger partial charge is 0.191 e. The molecular weight excluding hydrogens is 392 g/mol. The lowest BCUT2D eigenvalue weighted by atomic mass is 10.2. The monoisotopic (exact) mass is 426 g/mol. The Morgan fingerprint density at radius 3 is 2.48 bits per heavy atom. The second-order valence-corrected chi connectivity index (χ2v) is 7.40. The largest absolute Gasteiger partial charge is 0.497 e. The zero-order valence-corrected chi connectivity index (χ0v) is 19.0. The number of hydrogen-bond acceptors (Lipinski definition) is 6. The lowest BCUT2D eigenvalue weighted by Crippen LogP contribution is -2.46. The van der Waals surface area contributed by atoms with Crippen molar-refractivity contribution in [3.05, 3.63) is 47.7 Å². The molecule has 8 heteroatoms. The topological polar surface area (TPSA) is 74.2 Å². The summed E-state index contributed by atoms with van der Waals surface area (Å²) in [5.74, 6) is 3.32. The van der Waals surface area contributed by atoms with Gasteiger partial charge >= 0.3 is 0 Å². The Labute approximate surface area is 185 Å². The molecule has 0 saturated carbocycles. The van der Waals surface area contributed by atoms with E-state index in [1.165, 1.54) is 5.56 Å². The maximum Gasteiger partial charge on any atom is 0.191 e. The number of pyridine rings is 1. The molecule has 1 aromatic carbocycles. The molecule has 1 aliphatic heterocycles. The van der Waals surface area contributed by atoms with Gasteiger partial charge in [-0.15, -0.1) is 0 Å². The molecule has 31 heavy (non-hydrogen) atoms. The Morgan fingerprint density at radius 1 is 1.03 bits per heavy atom. The SMILES string of the molecule is CCN1CCN(c2cc(CNC(=NC)NCc3ccc(OC)cc3OC)ccn2)CC1. The number of piperazine rings is 1. The summed E-state index contributed by atoms with van der Waals surface area (Å²) in [6.45, 7) is 8.80. The molecule has 0 atom stereocenters. The number of ether oxygens (including phenoxy) is 2. The van der Waals surface area contributed by atoms with Gasteiger partial charge in [0.25, 0.3) is 0 Å². The van der Waals surface area contributed by atoms with Crippen LogP contribution in [0.2, 0.25) is 0 Å². The predicted molar refractivity (Wildman–Crippen MR) is 125 cm³/mol. The van der Waals surface area contributed by atoms with Crippen molar-refractivity contribution >= 4 is 11.8 Å². The maximum atomic E-state index is 5.47. The van der Waals surface area contributed by atoms with E-state index in [0.717, 1.165) is 61.6 Å². The Kier molecular flexibility index (Phi) is 8.35. The van der Waals surface area contributed by atoms with Crippen molar-refractivity contribution in [1.82, 2.24) is 20.5 Å². The van der Waals surface area contributed by atoms with Gasteiger partial charge in [0.05, 0.1) is 14.2 Å². The highest BCUT2D eigenvalue weighted by atomic mass is 16.5. The van der Waals surface area contributed by atoms with E-state index < -0.39 is 0 Å². The molecule has 1 fully saturated rings. The third-order valence-electron chi connectivity index (χ3n) is 5.58. The molecule has 8 nitrogen and oxygen atoms in total. The quantitative estimate of drug-likeness (QED) is 0.495. The second kappa shape index (κ2) is 11.4. The van der Waals surface area contributed by atoms with Crippen molar-refractivity contribution in [3.63, 3.8) is 0 Å². The highest BCUT2D eigenvalue weighted by Gasteiger charge is 2.17. The minimum atomic E-state index is 0.593. The van der Waals surface area contributed by atoms with E-state index in [-0.39, 0.29) is 0 Å². The second-order valence-electron chi connectivity index (χ2n) is 7.40. The number of aliphatic imine (C=N–C) groups is 1. The van der Waals surface area contributed by atoms with Crippen LogP contribution in [0.3, 0.4) is 0 Å². The third-order valence-corrected chi connectivity index (χ3v) is 5.58. The molecule has 168 valence electrons. The van der Waals surface area contributed by atoms with Crippen molar-refractivity contribution in [2.75, 3.05) is 58.9 Å². The lowest BCUT2D eigenvalue weighted by molar-refractivity contribution is 0.270. The molecule has 2 aromatic rings. The lowest BCUT2D eigenvalue weighted by Gasteiger charge is -2.34. The first-order valence-corrected chi connectivity index (χ1v) is 10.7. The van der Waals surface area contributed by atoms with Crippen LogP contribution < -0.4 is 25.0 Å². The van der Waals surface area contributed by atoms with Crippen LogP contribution in [0.25, 0.3) is 0 Å². The Hall–Kier alpha value is -3.00. The highest BCUT2D eigenvalue weighted by Crippen LogP contribution is 2.24. The van der Waals surface area contributed by atoms with Gasteiger partial charge < -0.3 is 29.9 Å². The summed E-state index contributed by atoms with van der Waals surface area (Å²) in [5, 5.41) is 6.73. The number of nitrogens with zero attached hydrogens (tertiary/aromatic N) is 4. The van der Waals surface area contributed by atoms with Gasteiger partial charge in [-0.2, -0.15) is 0 Å². The van der Waals surface area contributed by atoms with E-state index in [0.29, 0.717) is 13.1 Å². The summed E-state index contributed by atoms with van der Waals surface area (Å²) < 4.78 is 10.7. The average molecular weight is 427 g/mol. The summed E-state index contributed by atoms with van der Waals surface area (Å²) in [6.07, 6.45) is 1.89. The number of nitrogens with one attached hydrogen (secondary N) is 2. The van der Waals surface area contributed by atoms with E-state index >= 15 is 0 Å². The van der Waals surface area contributed by atoms with Gasteiger partial charge in [0.15, 0.2) is 5.96 Å². The van der Waals surface area contributed by atoms with Crippen molar-refractivity contribution < 1.29 is 9.47 Å². The molecule has 0 aliphatic carbocycles. The molecule has 1 saturated heterocycles. The number of benzene rings is 1. The summed E-state index contributed by atoms with van der Waals surface area (Å²) in [6, 6.07) is 10.00. The molecule has 3 rings (SSSR count). The molecule has 1 aromatic heterocycles. The first kappa shape index (κ1) is 22.7. The van der Waals surface area contributed by atoms with Gasteiger partial charge in [0.1, 0.15) is 17.3 Å². The van der Waals surface area contributed by atoms with Gasteiger partial charge in [-0.05, 0) is 36.4 Å². The van der Waals surface area contributed by atoms with E-state index in [1.54, 1.807) is 21.3 Å². The molecular formula is C23H34N6O2. The van der Waals surface area contributed by atoms with Crippen molar-refractivity contribution in [3.8, 4) is 11.5 Å². The van der Waals surface area contributed by atoms with Crippen LogP contribution in [0.5, 0.6) is 11.5 Å². The Morgan fingerprint density at radius 2 is 1.81 bits per heavy atom. The molecule has 1 aliphatic rings. The zero-order chi connectivity index (χ0) is 22.1. The highest BCUT2D eigenvalue weighted by molar-refractivity contribution is 5.79. The summed E-state index contributed by atoms with van der Waals surface area (Å²) in [4.78, 5) is 13.7. The number of guanidine groups is 1. The van der Waals surface area contributed by atoms with Crippen LogP contribution in [-0.2, 0) is 13.1 Å². The van der Waals surface area contributed by atoms with Crippen LogP contribution >= 0.6 is 0 Å². The first-order valence-electron chi connectivity index (χ1n) is 10.7. The van der Waals surface area contributed by atoms with Gasteiger partial charge in [-0.3, -0.25) is 4.99 Å². The van der Waals surface area contributed by atoms with E-state index in [2.05, 4.69) is 43.4 Å². The number of hydrogen-bond donors (Lipinski definition) is 2. The minimum Gasteiger partial charge on any atom is -0.497 e. The number of aromatic nitrogens is 1. The molecule has 0 amide bonds. The van der Waals surface area contributed by atoms with E-state index in [1.807, 2.05) is 30.5 Å². The van der Waals surface area contributed by atoms with Gasteiger partial charge in [0, 0.05) is 64.1 Å². The van der Waals surface area contributed by atoms with E-state index in [9.17, 15) is 0 Å². The molecule has 0 unspecified atom stereocenters. The maximum absolute atomic E-state index is 5.47. The van der Waals surface area contributed by atoms with Crippen LogP contribution in [0, 0.1) is 0 Å². The number of methoxy groups -OCH3 is 2. The molecule has 0 bridgehead atoms. The van der Waals surface area contributed by atoms with Crippen molar-refractivity contribution in [2.24, 2.45) is 4.99 Å². The zero-order valence-electron chi connectivity index (χ0n) is 19.0. The summed E-state index contributed by atoms with van der Waals surface area (Å²) >= 11 is 0. The van der Waals surface area contributed by atoms with E-state index in [4.69, 9.17) is 9.47 Å². The summed E-state index contributed by atoms with van der Waals surface area (Å²) in [5.41, 5.74) is 2.21. The van der Waals surface area contributed by atoms with Crippen molar-refractivity contribution in [1.29, 1.82) is 0 Å². The average Bonchev–Trinajstić information content (AvgIpc) is 2.84. The fourth-order valence-electron chi connectivity index (χ4n) is 3.62. The van der Waals surface area contributed by atoms with Crippen LogP contribution in [-0.4, -0.2) is 69.8 Å². The van der Waals surface area contributed by atoms with Gasteiger partial charge in [-0.25, -0.2) is 4.98 Å². The Bertz CT molecular complexity index is 865. The molecule has 0 radical (unpaired) electrons. The van der Waals surface area contributed by atoms with Crippen LogP contribution in [0.4, 0.5) is 5.82 Å². The predicted octanol–water partition coefficient (Wildman–Crippen LogP) is 2.11. The van der Waals surface area contributed by atoms with Crippen LogP contribution in [0.1, 0.15) is 18.1 Å². The Balaban J connectivity index is 1.54. The number of anilines is 1. The van der Waals surface area contributed by atoms with Gasteiger partial charge in [-0.1, -0.05) is 6.92 Å². The molecule has 0 spiro atoms. The minimum absolute atomic E-state index is 0.593. The number of rotatable bonds is 8. The first-order chi connectivity index (χ1) is 15.2. The fourth-order valence-corrected chi connectivity index (χ4v) is 3.62. The molecule has 2 N–H and O–H groups in total. The fraction of sp³-hybridized carbons (Fsp3) is 0.478. The van der Waals surface area contributed by atoms with Crippen LogP contribution in [0.15, 0.2) is 41.5 Å².